The zero-order valence-electron chi connectivity index (χ0n) is 24.0. The molecule has 0 saturated heterocycles. The van der Waals surface area contributed by atoms with Crippen LogP contribution >= 0.6 is 0 Å². The summed E-state index contributed by atoms with van der Waals surface area (Å²) in [5.74, 6) is -0.419. The summed E-state index contributed by atoms with van der Waals surface area (Å²) in [6, 6.07) is 16.9. The Balaban J connectivity index is 1.51. The second kappa shape index (κ2) is 11.1. The highest BCUT2D eigenvalue weighted by molar-refractivity contribution is 6.08. The maximum atomic E-state index is 13.7. The molecule has 41 heavy (non-hydrogen) atoms. The number of carbonyl (C=O) groups is 1. The van der Waals surface area contributed by atoms with Gasteiger partial charge in [0.25, 0.3) is 5.91 Å². The minimum Gasteiger partial charge on any atom is -0.378 e. The Bertz CT molecular complexity index is 1470. The highest BCUT2D eigenvalue weighted by Crippen LogP contribution is 2.45. The Kier molecular flexibility index (Phi) is 7.68. The molecule has 10 heteroatoms. The minimum absolute atomic E-state index is 0.0188. The van der Waals surface area contributed by atoms with Crippen molar-refractivity contribution >= 4 is 29.1 Å². The molecule has 0 radical (unpaired) electrons. The highest BCUT2D eigenvalue weighted by Gasteiger charge is 2.44. The number of nitrogens with zero attached hydrogens (tertiary/aromatic N) is 6. The van der Waals surface area contributed by atoms with Crippen LogP contribution in [0.1, 0.15) is 47.8 Å². The van der Waals surface area contributed by atoms with Gasteiger partial charge in [-0.1, -0.05) is 24.3 Å². The Morgan fingerprint density at radius 3 is 2.17 bits per heavy atom. The number of carbonyl (C=O) groups excluding carboxylic acids is 1. The van der Waals surface area contributed by atoms with Crippen molar-refractivity contribution in [1.29, 1.82) is 0 Å². The summed E-state index contributed by atoms with van der Waals surface area (Å²) in [5, 5.41) is 10.0. The van der Waals surface area contributed by atoms with Crippen LogP contribution in [0.15, 0.2) is 65.3 Å². The first-order chi connectivity index (χ1) is 19.4. The van der Waals surface area contributed by atoms with Crippen LogP contribution in [0.5, 0.6) is 0 Å². The first-order valence-corrected chi connectivity index (χ1v) is 13.7. The molecular formula is C31H35F3N6O. The Morgan fingerprint density at radius 1 is 1.00 bits per heavy atom. The number of amides is 1. The summed E-state index contributed by atoms with van der Waals surface area (Å²) in [5.41, 5.74) is 5.34. The zero-order chi connectivity index (χ0) is 29.5. The van der Waals surface area contributed by atoms with Crippen molar-refractivity contribution in [1.82, 2.24) is 14.8 Å². The third-order valence-corrected chi connectivity index (χ3v) is 7.82. The standard InChI is InChI=1S/C31H35F3N6O/c1-20-17-27(31(32,33)34)35-39(20)19-28(41)40-30(22-11-15-25(16-12-22)38(4)5)26-8-6-7-23(29(26)36-40)18-21-9-13-24(14-10-21)37(2)3/h9-18,26,30H,6-8,19H2,1-5H3/b23-18-/t26-,30+/m0/s1. The van der Waals surface area contributed by atoms with Gasteiger partial charge in [-0.15, -0.1) is 0 Å². The average molecular weight is 565 g/mol. The molecule has 2 atom stereocenters. The van der Waals surface area contributed by atoms with Crippen molar-refractivity contribution in [3.05, 3.63) is 82.7 Å². The van der Waals surface area contributed by atoms with E-state index in [0.29, 0.717) is 0 Å². The number of anilines is 2. The quantitative estimate of drug-likeness (QED) is 0.360. The SMILES string of the molecule is Cc1cc(C(F)(F)F)nn1CC(=O)N1N=C2/C(=C\c3ccc(N(C)C)cc3)CCC[C@@H]2[C@H]1c1ccc(N(C)C)cc1. The third kappa shape index (κ3) is 5.87. The summed E-state index contributed by atoms with van der Waals surface area (Å²) in [6.45, 7) is 1.19. The minimum atomic E-state index is -4.58. The maximum Gasteiger partial charge on any atom is 0.435 e. The van der Waals surface area contributed by atoms with Gasteiger partial charge in [-0.3, -0.25) is 9.48 Å². The zero-order valence-corrected chi connectivity index (χ0v) is 24.0. The Labute approximate surface area is 238 Å². The molecule has 1 aromatic heterocycles. The van der Waals surface area contributed by atoms with E-state index in [-0.39, 0.29) is 24.2 Å². The number of halogens is 3. The van der Waals surface area contributed by atoms with Gasteiger partial charge >= 0.3 is 6.18 Å². The van der Waals surface area contributed by atoms with E-state index < -0.39 is 17.8 Å². The van der Waals surface area contributed by atoms with Crippen LogP contribution in [-0.2, 0) is 17.5 Å². The summed E-state index contributed by atoms with van der Waals surface area (Å²) in [6.07, 6.45) is 0.207. The monoisotopic (exact) mass is 564 g/mol. The van der Waals surface area contributed by atoms with Crippen molar-refractivity contribution in [2.24, 2.45) is 11.0 Å². The third-order valence-electron chi connectivity index (χ3n) is 7.82. The molecule has 1 saturated carbocycles. The fourth-order valence-corrected chi connectivity index (χ4v) is 5.59. The van der Waals surface area contributed by atoms with Gasteiger partial charge in [0.2, 0.25) is 0 Å². The fourth-order valence-electron chi connectivity index (χ4n) is 5.59. The van der Waals surface area contributed by atoms with E-state index in [1.807, 2.05) is 62.3 Å². The van der Waals surface area contributed by atoms with E-state index in [9.17, 15) is 18.0 Å². The molecule has 2 heterocycles. The lowest BCUT2D eigenvalue weighted by Crippen LogP contribution is -2.34. The van der Waals surface area contributed by atoms with Crippen molar-refractivity contribution < 1.29 is 18.0 Å². The molecule has 0 bridgehead atoms. The number of hydrogen-bond donors (Lipinski definition) is 0. The largest absolute Gasteiger partial charge is 0.435 e. The van der Waals surface area contributed by atoms with Crippen LogP contribution < -0.4 is 9.80 Å². The second-order valence-corrected chi connectivity index (χ2v) is 11.1. The molecule has 1 fully saturated rings. The van der Waals surface area contributed by atoms with Gasteiger partial charge in [0, 0.05) is 51.2 Å². The number of allylic oxidation sites excluding steroid dienone is 1. The number of fused-ring (bicyclic) bond motifs is 1. The van der Waals surface area contributed by atoms with Crippen LogP contribution in [0.3, 0.4) is 0 Å². The van der Waals surface area contributed by atoms with E-state index >= 15 is 0 Å². The van der Waals surface area contributed by atoms with E-state index in [1.54, 1.807) is 0 Å². The number of benzene rings is 2. The molecule has 1 aliphatic carbocycles. The predicted molar refractivity (Wildman–Crippen MR) is 156 cm³/mol. The molecule has 216 valence electrons. The van der Waals surface area contributed by atoms with Crippen LogP contribution in [0.25, 0.3) is 6.08 Å². The van der Waals surface area contributed by atoms with Gasteiger partial charge in [-0.25, -0.2) is 5.01 Å². The molecule has 7 nitrogen and oxygen atoms in total. The molecule has 1 amide bonds. The van der Waals surface area contributed by atoms with Gasteiger partial charge in [0.15, 0.2) is 5.69 Å². The van der Waals surface area contributed by atoms with Crippen LogP contribution in [-0.4, -0.2) is 54.6 Å². The Hall–Kier alpha value is -4.08. The van der Waals surface area contributed by atoms with Crippen molar-refractivity contribution in [3.8, 4) is 0 Å². The second-order valence-electron chi connectivity index (χ2n) is 11.1. The van der Waals surface area contributed by atoms with Gasteiger partial charge in [0.1, 0.15) is 6.54 Å². The molecule has 0 unspecified atom stereocenters. The molecule has 1 aliphatic heterocycles. The maximum absolute atomic E-state index is 13.7. The van der Waals surface area contributed by atoms with E-state index in [2.05, 4.69) is 35.4 Å². The van der Waals surface area contributed by atoms with Crippen LogP contribution in [0.2, 0.25) is 0 Å². The Morgan fingerprint density at radius 2 is 1.61 bits per heavy atom. The van der Waals surface area contributed by atoms with E-state index in [1.165, 1.54) is 11.9 Å². The number of hydrazone groups is 1. The summed E-state index contributed by atoms with van der Waals surface area (Å²) in [4.78, 5) is 17.8. The van der Waals surface area contributed by atoms with Crippen molar-refractivity contribution in [2.45, 2.75) is 44.9 Å². The van der Waals surface area contributed by atoms with Gasteiger partial charge in [0.05, 0.1) is 11.8 Å². The number of aryl methyl sites for hydroxylation is 1. The number of hydrogen-bond acceptors (Lipinski definition) is 5. The summed E-state index contributed by atoms with van der Waals surface area (Å²) >= 11 is 0. The normalized spacial score (nSPS) is 19.8. The van der Waals surface area contributed by atoms with Crippen LogP contribution in [0.4, 0.5) is 24.5 Å². The molecule has 2 aliphatic rings. The number of aromatic nitrogens is 2. The lowest BCUT2D eigenvalue weighted by Gasteiger charge is -2.30. The highest BCUT2D eigenvalue weighted by atomic mass is 19.4. The summed E-state index contributed by atoms with van der Waals surface area (Å²) in [7, 11) is 7.93. The topological polar surface area (TPSA) is 57.0 Å². The van der Waals surface area contributed by atoms with Crippen molar-refractivity contribution in [3.63, 3.8) is 0 Å². The molecule has 0 N–H and O–H groups in total. The van der Waals surface area contributed by atoms with E-state index in [4.69, 9.17) is 5.10 Å². The van der Waals surface area contributed by atoms with Gasteiger partial charge < -0.3 is 9.80 Å². The number of alkyl halides is 3. The van der Waals surface area contributed by atoms with Gasteiger partial charge in [-0.2, -0.15) is 23.4 Å². The molecule has 2 aromatic carbocycles. The molecule has 3 aromatic rings. The molecule has 0 spiro atoms. The lowest BCUT2D eigenvalue weighted by molar-refractivity contribution is -0.142. The van der Waals surface area contributed by atoms with Gasteiger partial charge in [-0.05, 0) is 79.3 Å². The molecular weight excluding hydrogens is 529 g/mol. The first kappa shape index (κ1) is 28.4. The average Bonchev–Trinajstić information content (AvgIpc) is 3.50. The smallest absolute Gasteiger partial charge is 0.378 e. The first-order valence-electron chi connectivity index (χ1n) is 13.7. The molecule has 5 rings (SSSR count). The number of rotatable bonds is 6. The fraction of sp³-hybridized carbons (Fsp3) is 0.387. The van der Waals surface area contributed by atoms with E-state index in [0.717, 1.165) is 63.8 Å². The summed E-state index contributed by atoms with van der Waals surface area (Å²) < 4.78 is 40.9. The van der Waals surface area contributed by atoms with Crippen molar-refractivity contribution in [2.75, 3.05) is 38.0 Å². The van der Waals surface area contributed by atoms with Crippen LogP contribution in [0, 0.1) is 12.8 Å². The predicted octanol–water partition coefficient (Wildman–Crippen LogP) is 6.17. The lowest BCUT2D eigenvalue weighted by atomic mass is 9.77.